The molecule has 0 spiro atoms. The van der Waals surface area contributed by atoms with E-state index in [0.717, 1.165) is 5.69 Å². The lowest BCUT2D eigenvalue weighted by Gasteiger charge is -2.15. The van der Waals surface area contributed by atoms with Crippen LogP contribution in [-0.2, 0) is 6.54 Å². The van der Waals surface area contributed by atoms with Crippen molar-refractivity contribution in [3.63, 3.8) is 0 Å². The highest BCUT2D eigenvalue weighted by Gasteiger charge is 2.30. The molecule has 0 saturated heterocycles. The van der Waals surface area contributed by atoms with Crippen LogP contribution < -0.4 is 4.90 Å². The van der Waals surface area contributed by atoms with Crippen molar-refractivity contribution in [3.8, 4) is 5.75 Å². The first kappa shape index (κ1) is 9.90. The molecule has 0 aromatic heterocycles. The lowest BCUT2D eigenvalue weighted by atomic mass is 10.1. The van der Waals surface area contributed by atoms with Crippen LogP contribution in [0.2, 0.25) is 0 Å². The predicted molar refractivity (Wildman–Crippen MR) is 65.1 cm³/mol. The molecule has 0 unspecified atom stereocenters. The Morgan fingerprint density at radius 3 is 2.47 bits per heavy atom. The van der Waals surface area contributed by atoms with Gasteiger partial charge in [-0.1, -0.05) is 24.3 Å². The molecule has 1 aliphatic rings. The van der Waals surface area contributed by atoms with E-state index >= 15 is 0 Å². The van der Waals surface area contributed by atoms with E-state index in [1.807, 2.05) is 30.3 Å². The highest BCUT2D eigenvalue weighted by Crippen LogP contribution is 2.32. The zero-order chi connectivity index (χ0) is 11.8. The Morgan fingerprint density at radius 1 is 1.00 bits per heavy atom. The molecule has 0 fully saturated rings. The molecule has 1 amide bonds. The molecule has 3 rings (SSSR count). The van der Waals surface area contributed by atoms with Crippen molar-refractivity contribution in [2.45, 2.75) is 6.54 Å². The van der Waals surface area contributed by atoms with Gasteiger partial charge in [-0.15, -0.1) is 0 Å². The molecule has 2 aromatic rings. The maximum Gasteiger partial charge on any atom is 0.259 e. The van der Waals surface area contributed by atoms with Gasteiger partial charge >= 0.3 is 0 Å². The van der Waals surface area contributed by atoms with Gasteiger partial charge in [-0.3, -0.25) is 4.79 Å². The van der Waals surface area contributed by atoms with Crippen LogP contribution >= 0.6 is 0 Å². The monoisotopic (exact) mass is 225 g/mol. The van der Waals surface area contributed by atoms with Crippen LogP contribution in [0.15, 0.2) is 48.5 Å². The first-order valence-electron chi connectivity index (χ1n) is 5.45. The van der Waals surface area contributed by atoms with Crippen LogP contribution in [0.25, 0.3) is 0 Å². The fraction of sp³-hybridized carbons (Fsp3) is 0.0714. The number of carbonyl (C=O) groups excluding carboxylic acids is 1. The number of anilines is 1. The molecular weight excluding hydrogens is 214 g/mol. The van der Waals surface area contributed by atoms with Crippen LogP contribution in [0.1, 0.15) is 15.9 Å². The maximum atomic E-state index is 12.2. The summed E-state index contributed by atoms with van der Waals surface area (Å²) in [5.74, 6) is 0.136. The molecule has 1 aliphatic heterocycles. The number of hydrogen-bond acceptors (Lipinski definition) is 2. The second-order valence-electron chi connectivity index (χ2n) is 4.03. The van der Waals surface area contributed by atoms with Gasteiger partial charge < -0.3 is 10.0 Å². The van der Waals surface area contributed by atoms with E-state index in [4.69, 9.17) is 0 Å². The van der Waals surface area contributed by atoms with Crippen molar-refractivity contribution in [1.29, 1.82) is 0 Å². The largest absolute Gasteiger partial charge is 0.508 e. The van der Waals surface area contributed by atoms with Crippen molar-refractivity contribution in [3.05, 3.63) is 59.7 Å². The first-order chi connectivity index (χ1) is 8.27. The molecule has 17 heavy (non-hydrogen) atoms. The zero-order valence-electron chi connectivity index (χ0n) is 9.13. The van der Waals surface area contributed by atoms with Gasteiger partial charge in [0.15, 0.2) is 0 Å². The Kier molecular flexibility index (Phi) is 2.11. The second-order valence-corrected chi connectivity index (χ2v) is 4.03. The van der Waals surface area contributed by atoms with E-state index < -0.39 is 0 Å². The molecule has 0 saturated carbocycles. The van der Waals surface area contributed by atoms with E-state index in [-0.39, 0.29) is 11.7 Å². The van der Waals surface area contributed by atoms with Gasteiger partial charge in [0, 0.05) is 16.8 Å². The third-order valence-electron chi connectivity index (χ3n) is 3.01. The normalized spacial score (nSPS) is 13.9. The van der Waals surface area contributed by atoms with Gasteiger partial charge in [0.05, 0.1) is 6.54 Å². The molecule has 0 bridgehead atoms. The summed E-state index contributed by atoms with van der Waals surface area (Å²) in [7, 11) is 0. The van der Waals surface area contributed by atoms with Crippen molar-refractivity contribution < 1.29 is 9.90 Å². The van der Waals surface area contributed by atoms with Gasteiger partial charge in [0.2, 0.25) is 0 Å². The fourth-order valence-electron chi connectivity index (χ4n) is 2.13. The van der Waals surface area contributed by atoms with Crippen molar-refractivity contribution in [1.82, 2.24) is 0 Å². The molecule has 1 N–H and O–H groups in total. The lowest BCUT2D eigenvalue weighted by molar-refractivity contribution is 0.0996. The van der Waals surface area contributed by atoms with Crippen molar-refractivity contribution in [2.75, 3.05) is 4.90 Å². The summed E-state index contributed by atoms with van der Waals surface area (Å²) in [4.78, 5) is 13.8. The van der Waals surface area contributed by atoms with E-state index in [1.165, 1.54) is 0 Å². The molecule has 0 atom stereocenters. The zero-order valence-corrected chi connectivity index (χ0v) is 9.13. The molecule has 3 heteroatoms. The van der Waals surface area contributed by atoms with Crippen LogP contribution in [0.3, 0.4) is 0 Å². The Balaban J connectivity index is 2.05. The number of rotatable bonds is 1. The summed E-state index contributed by atoms with van der Waals surface area (Å²) in [6.45, 7) is 0.435. The third kappa shape index (κ3) is 1.47. The third-order valence-corrected chi connectivity index (χ3v) is 3.01. The molecule has 1 heterocycles. The molecule has 2 aromatic carbocycles. The number of nitrogens with zero attached hydrogens (tertiary/aromatic N) is 1. The molecular formula is C14H11NO2. The van der Waals surface area contributed by atoms with E-state index in [1.54, 1.807) is 23.1 Å². The van der Waals surface area contributed by atoms with Gasteiger partial charge in [-0.2, -0.15) is 0 Å². The minimum atomic E-state index is -0.0536. The van der Waals surface area contributed by atoms with Crippen LogP contribution in [0.5, 0.6) is 5.75 Å². The average Bonchev–Trinajstić information content (AvgIpc) is 2.70. The van der Waals surface area contributed by atoms with Crippen molar-refractivity contribution >= 4 is 11.6 Å². The van der Waals surface area contributed by atoms with Gasteiger partial charge in [-0.05, 0) is 24.3 Å². The SMILES string of the molecule is O=C1c2cccc(O)c2CN1c1ccccc1. The van der Waals surface area contributed by atoms with Crippen molar-refractivity contribution in [2.24, 2.45) is 0 Å². The fourth-order valence-corrected chi connectivity index (χ4v) is 2.13. The number of aromatic hydroxyl groups is 1. The number of phenolic OH excluding ortho intramolecular Hbond substituents is 1. The number of benzene rings is 2. The summed E-state index contributed by atoms with van der Waals surface area (Å²) < 4.78 is 0. The summed E-state index contributed by atoms with van der Waals surface area (Å²) in [6, 6.07) is 14.5. The van der Waals surface area contributed by atoms with E-state index in [2.05, 4.69) is 0 Å². The van der Waals surface area contributed by atoms with E-state index in [0.29, 0.717) is 17.7 Å². The van der Waals surface area contributed by atoms with Crippen LogP contribution in [-0.4, -0.2) is 11.0 Å². The molecule has 0 aliphatic carbocycles. The van der Waals surface area contributed by atoms with Gasteiger partial charge in [0.1, 0.15) is 5.75 Å². The highest BCUT2D eigenvalue weighted by molar-refractivity contribution is 6.10. The van der Waals surface area contributed by atoms with Crippen LogP contribution in [0, 0.1) is 0 Å². The Bertz CT molecular complexity index is 578. The summed E-state index contributed by atoms with van der Waals surface area (Å²) in [5.41, 5.74) is 2.16. The molecule has 84 valence electrons. The summed E-state index contributed by atoms with van der Waals surface area (Å²) in [5, 5.41) is 9.73. The predicted octanol–water partition coefficient (Wildman–Crippen LogP) is 2.55. The smallest absolute Gasteiger partial charge is 0.259 e. The minimum Gasteiger partial charge on any atom is -0.508 e. The minimum absolute atomic E-state index is 0.0536. The number of carbonyl (C=O) groups is 1. The number of phenols is 1. The number of hydrogen-bond donors (Lipinski definition) is 1. The standard InChI is InChI=1S/C14H11NO2/c16-13-8-4-7-11-12(13)9-15(14(11)17)10-5-2-1-3-6-10/h1-8,16H,9H2. The summed E-state index contributed by atoms with van der Waals surface area (Å²) >= 11 is 0. The number of fused-ring (bicyclic) bond motifs is 1. The molecule has 0 radical (unpaired) electrons. The quantitative estimate of drug-likeness (QED) is 0.810. The van der Waals surface area contributed by atoms with Gasteiger partial charge in [0.25, 0.3) is 5.91 Å². The van der Waals surface area contributed by atoms with Gasteiger partial charge in [-0.25, -0.2) is 0 Å². The topological polar surface area (TPSA) is 40.5 Å². The van der Waals surface area contributed by atoms with Crippen LogP contribution in [0.4, 0.5) is 5.69 Å². The maximum absolute atomic E-state index is 12.2. The average molecular weight is 225 g/mol. The number of para-hydroxylation sites is 1. The summed E-state index contributed by atoms with van der Waals surface area (Å²) in [6.07, 6.45) is 0. The number of amides is 1. The first-order valence-corrected chi connectivity index (χ1v) is 5.45. The Morgan fingerprint density at radius 2 is 1.76 bits per heavy atom. The van der Waals surface area contributed by atoms with E-state index in [9.17, 15) is 9.90 Å². The lowest BCUT2D eigenvalue weighted by Crippen LogP contribution is -2.22. The highest BCUT2D eigenvalue weighted by atomic mass is 16.3. The molecule has 3 nitrogen and oxygen atoms in total. The Hall–Kier alpha value is -2.29. The Labute approximate surface area is 98.9 Å². The second kappa shape index (κ2) is 3.63.